The lowest BCUT2D eigenvalue weighted by Gasteiger charge is -2.15. The Morgan fingerprint density at radius 3 is 2.78 bits per heavy atom. The molecule has 0 radical (unpaired) electrons. The molecule has 1 N–H and O–H groups in total. The Morgan fingerprint density at radius 2 is 2.11 bits per heavy atom. The van der Waals surface area contributed by atoms with Gasteiger partial charge in [-0.1, -0.05) is 17.7 Å². The molecule has 2 aromatic carbocycles. The second-order valence-electron chi connectivity index (χ2n) is 5.74. The highest BCUT2D eigenvalue weighted by molar-refractivity contribution is 6.32. The van der Waals surface area contributed by atoms with Crippen molar-refractivity contribution in [3.63, 3.8) is 0 Å². The minimum atomic E-state index is -0.492. The second kappa shape index (κ2) is 9.78. The number of benzene rings is 2. The Morgan fingerprint density at radius 1 is 1.33 bits per heavy atom. The van der Waals surface area contributed by atoms with E-state index in [1.165, 1.54) is 31.5 Å². The second-order valence-corrected chi connectivity index (χ2v) is 6.15. The van der Waals surface area contributed by atoms with Crippen LogP contribution in [0.15, 0.2) is 41.5 Å². The van der Waals surface area contributed by atoms with E-state index in [1.54, 1.807) is 18.2 Å². The van der Waals surface area contributed by atoms with Gasteiger partial charge in [-0.25, -0.2) is 9.82 Å². The lowest BCUT2D eigenvalue weighted by Crippen LogP contribution is -2.24. The third-order valence-electron chi connectivity index (χ3n) is 3.17. The number of halogens is 2. The van der Waals surface area contributed by atoms with Crippen LogP contribution >= 0.6 is 11.6 Å². The van der Waals surface area contributed by atoms with E-state index < -0.39 is 11.7 Å². The van der Waals surface area contributed by atoms with Gasteiger partial charge in [0.25, 0.3) is 5.91 Å². The first kappa shape index (κ1) is 20.5. The number of hydrogen-bond donors (Lipinski definition) is 1. The molecule has 0 fully saturated rings. The van der Waals surface area contributed by atoms with Gasteiger partial charge in [-0.2, -0.15) is 5.10 Å². The normalized spacial score (nSPS) is 10.9. The van der Waals surface area contributed by atoms with Crippen LogP contribution in [0.3, 0.4) is 0 Å². The van der Waals surface area contributed by atoms with Crippen LogP contribution in [0.5, 0.6) is 17.2 Å². The quantitative estimate of drug-likeness (QED) is 0.546. The molecule has 2 rings (SSSR count). The van der Waals surface area contributed by atoms with Gasteiger partial charge in [-0.3, -0.25) is 4.79 Å². The third kappa shape index (κ3) is 6.45. The molecule has 0 atom stereocenters. The van der Waals surface area contributed by atoms with Gasteiger partial charge in [0.2, 0.25) is 0 Å². The largest absolute Gasteiger partial charge is 0.493 e. The first-order valence-electron chi connectivity index (χ1n) is 8.13. The molecule has 0 aliphatic carbocycles. The van der Waals surface area contributed by atoms with Gasteiger partial charge in [0.15, 0.2) is 18.1 Å². The minimum absolute atomic E-state index is 0.0618. The van der Waals surface area contributed by atoms with E-state index in [2.05, 4.69) is 10.5 Å². The van der Waals surface area contributed by atoms with Gasteiger partial charge < -0.3 is 14.2 Å². The van der Waals surface area contributed by atoms with Crippen LogP contribution in [-0.4, -0.2) is 31.9 Å². The number of amides is 1. The summed E-state index contributed by atoms with van der Waals surface area (Å²) in [4.78, 5) is 11.7. The minimum Gasteiger partial charge on any atom is -0.493 e. The van der Waals surface area contributed by atoms with Crippen LogP contribution in [0.2, 0.25) is 5.02 Å². The number of hydrazone groups is 1. The molecule has 0 aliphatic heterocycles. The van der Waals surface area contributed by atoms with E-state index in [0.29, 0.717) is 22.1 Å². The smallest absolute Gasteiger partial charge is 0.277 e. The molecule has 0 aromatic heterocycles. The van der Waals surface area contributed by atoms with E-state index in [0.717, 1.165) is 0 Å². The van der Waals surface area contributed by atoms with Crippen LogP contribution in [0.1, 0.15) is 19.4 Å². The Labute approximate surface area is 161 Å². The number of methoxy groups -OCH3 is 1. The number of nitrogens with one attached hydrogen (secondary N) is 1. The molecule has 144 valence electrons. The van der Waals surface area contributed by atoms with E-state index >= 15 is 0 Å². The SMILES string of the molecule is COc1cc(/C=N\NC(=O)COc2cccc(F)c2)cc(Cl)c1OC(C)C. The van der Waals surface area contributed by atoms with Gasteiger partial charge in [-0.15, -0.1) is 0 Å². The maximum atomic E-state index is 13.0. The van der Waals surface area contributed by atoms with E-state index in [9.17, 15) is 9.18 Å². The van der Waals surface area contributed by atoms with Gasteiger partial charge >= 0.3 is 0 Å². The Bertz CT molecular complexity index is 827. The highest BCUT2D eigenvalue weighted by Gasteiger charge is 2.13. The predicted molar refractivity (Wildman–Crippen MR) is 101 cm³/mol. The maximum Gasteiger partial charge on any atom is 0.277 e. The predicted octanol–water partition coefficient (Wildman–Crippen LogP) is 3.80. The zero-order valence-electron chi connectivity index (χ0n) is 15.2. The van der Waals surface area contributed by atoms with Crippen molar-refractivity contribution in [3.05, 3.63) is 52.8 Å². The van der Waals surface area contributed by atoms with Crippen LogP contribution in [0.25, 0.3) is 0 Å². The first-order chi connectivity index (χ1) is 12.9. The molecule has 8 heteroatoms. The lowest BCUT2D eigenvalue weighted by atomic mass is 10.2. The van der Waals surface area contributed by atoms with Crippen molar-refractivity contribution >= 4 is 23.7 Å². The zero-order valence-corrected chi connectivity index (χ0v) is 15.9. The number of carbonyl (C=O) groups excluding carboxylic acids is 1. The molecule has 0 aliphatic rings. The van der Waals surface area contributed by atoms with Crippen LogP contribution in [0, 0.1) is 5.82 Å². The number of nitrogens with zero attached hydrogens (tertiary/aromatic N) is 1. The summed E-state index contributed by atoms with van der Waals surface area (Å²) in [5.74, 6) is 0.221. The highest BCUT2D eigenvalue weighted by Crippen LogP contribution is 2.36. The number of hydrogen-bond acceptors (Lipinski definition) is 5. The number of rotatable bonds is 8. The molecular formula is C19H20ClFN2O4. The van der Waals surface area contributed by atoms with Crippen molar-refractivity contribution in [1.82, 2.24) is 5.43 Å². The molecule has 0 unspecified atom stereocenters. The van der Waals surface area contributed by atoms with Gasteiger partial charge in [0.1, 0.15) is 11.6 Å². The molecule has 0 heterocycles. The summed E-state index contributed by atoms with van der Waals surface area (Å²) < 4.78 is 29.1. The maximum absolute atomic E-state index is 13.0. The van der Waals surface area contributed by atoms with Crippen molar-refractivity contribution in [3.8, 4) is 17.2 Å². The van der Waals surface area contributed by atoms with Crippen molar-refractivity contribution in [2.75, 3.05) is 13.7 Å². The molecular weight excluding hydrogens is 375 g/mol. The molecule has 2 aromatic rings. The third-order valence-corrected chi connectivity index (χ3v) is 3.45. The summed E-state index contributed by atoms with van der Waals surface area (Å²) in [6.45, 7) is 3.46. The monoisotopic (exact) mass is 394 g/mol. The zero-order chi connectivity index (χ0) is 19.8. The first-order valence-corrected chi connectivity index (χ1v) is 8.51. The summed E-state index contributed by atoms with van der Waals surface area (Å²) in [5.41, 5.74) is 2.93. The Kier molecular flexibility index (Phi) is 7.43. The van der Waals surface area contributed by atoms with Crippen molar-refractivity contribution in [1.29, 1.82) is 0 Å². The lowest BCUT2D eigenvalue weighted by molar-refractivity contribution is -0.123. The van der Waals surface area contributed by atoms with Crippen molar-refractivity contribution < 1.29 is 23.4 Å². The average Bonchev–Trinajstić information content (AvgIpc) is 2.61. The average molecular weight is 395 g/mol. The fourth-order valence-corrected chi connectivity index (χ4v) is 2.34. The Balaban J connectivity index is 1.95. The van der Waals surface area contributed by atoms with Crippen LogP contribution in [-0.2, 0) is 4.79 Å². The van der Waals surface area contributed by atoms with Gasteiger partial charge in [-0.05, 0) is 43.7 Å². The standard InChI is InChI=1S/C19H20ClFN2O4/c1-12(2)27-19-16(20)7-13(8-17(19)25-3)10-22-23-18(24)11-26-15-6-4-5-14(21)9-15/h4-10,12H,11H2,1-3H3,(H,23,24)/b22-10-. The van der Waals surface area contributed by atoms with Crippen LogP contribution < -0.4 is 19.6 Å². The molecule has 1 amide bonds. The van der Waals surface area contributed by atoms with Gasteiger partial charge in [0.05, 0.1) is 24.5 Å². The molecule has 0 saturated carbocycles. The highest BCUT2D eigenvalue weighted by atomic mass is 35.5. The van der Waals surface area contributed by atoms with Crippen LogP contribution in [0.4, 0.5) is 4.39 Å². The molecule has 27 heavy (non-hydrogen) atoms. The topological polar surface area (TPSA) is 69.2 Å². The molecule has 0 saturated heterocycles. The number of carbonyl (C=O) groups is 1. The summed E-state index contributed by atoms with van der Waals surface area (Å²) >= 11 is 6.22. The fraction of sp³-hybridized carbons (Fsp3) is 0.263. The van der Waals surface area contributed by atoms with Gasteiger partial charge in [0, 0.05) is 6.07 Å². The fourth-order valence-electron chi connectivity index (χ4n) is 2.08. The summed E-state index contributed by atoms with van der Waals surface area (Å²) in [6, 6.07) is 8.84. The summed E-state index contributed by atoms with van der Waals surface area (Å²) in [7, 11) is 1.51. The summed E-state index contributed by atoms with van der Waals surface area (Å²) in [5, 5.41) is 4.21. The van der Waals surface area contributed by atoms with E-state index in [1.807, 2.05) is 13.8 Å². The van der Waals surface area contributed by atoms with Crippen molar-refractivity contribution in [2.45, 2.75) is 20.0 Å². The van der Waals surface area contributed by atoms with Crippen molar-refractivity contribution in [2.24, 2.45) is 5.10 Å². The van der Waals surface area contributed by atoms with E-state index in [4.69, 9.17) is 25.8 Å². The summed E-state index contributed by atoms with van der Waals surface area (Å²) in [6.07, 6.45) is 1.35. The number of ether oxygens (including phenoxy) is 3. The van der Waals surface area contributed by atoms with E-state index in [-0.39, 0.29) is 18.5 Å². The Hall–Kier alpha value is -2.80. The molecule has 0 spiro atoms. The molecule has 6 nitrogen and oxygen atoms in total. The molecule has 0 bridgehead atoms.